The van der Waals surface area contributed by atoms with Gasteiger partial charge in [-0.15, -0.1) is 0 Å². The van der Waals surface area contributed by atoms with Crippen molar-refractivity contribution < 1.29 is 23.5 Å². The number of amides is 2. The van der Waals surface area contributed by atoms with E-state index in [1.54, 1.807) is 36.4 Å². The Balaban J connectivity index is 1.88. The monoisotopic (exact) mass is 458 g/mol. The lowest BCUT2D eigenvalue weighted by molar-refractivity contribution is 0.0994. The molecule has 0 unspecified atom stereocenters. The Kier molecular flexibility index (Phi) is 6.23. The van der Waals surface area contributed by atoms with Crippen LogP contribution in [0.3, 0.4) is 0 Å². The molecule has 2 amide bonds. The Labute approximate surface area is 176 Å². The zero-order valence-corrected chi connectivity index (χ0v) is 17.6. The Hall–Kier alpha value is -3.26. The summed E-state index contributed by atoms with van der Waals surface area (Å²) in [5.41, 5.74) is 2.05. The maximum Gasteiger partial charge on any atom is 0.291 e. The number of aryl methyl sites for hydroxylation is 1. The molecular weight excluding hydrogens is 440 g/mol. The zero-order chi connectivity index (χ0) is 21.0. The van der Waals surface area contributed by atoms with Crippen LogP contribution in [0.5, 0.6) is 11.5 Å². The smallest absolute Gasteiger partial charge is 0.291 e. The zero-order valence-electron chi connectivity index (χ0n) is 16.0. The van der Waals surface area contributed by atoms with E-state index in [2.05, 4.69) is 26.6 Å². The van der Waals surface area contributed by atoms with Gasteiger partial charge in [0.2, 0.25) is 0 Å². The topological polar surface area (TPSA) is 89.8 Å². The third kappa shape index (κ3) is 4.60. The summed E-state index contributed by atoms with van der Waals surface area (Å²) in [7, 11) is 3.01. The van der Waals surface area contributed by atoms with Gasteiger partial charge in [-0.05, 0) is 55.0 Å². The minimum absolute atomic E-state index is 0.181. The van der Waals surface area contributed by atoms with Gasteiger partial charge in [-0.2, -0.15) is 0 Å². The first kappa shape index (κ1) is 20.5. The molecule has 0 fully saturated rings. The van der Waals surface area contributed by atoms with Crippen molar-refractivity contribution in [2.24, 2.45) is 0 Å². The molecule has 1 aromatic heterocycles. The molecule has 2 aromatic carbocycles. The Bertz CT molecular complexity index is 1050. The first-order valence-electron chi connectivity index (χ1n) is 8.61. The molecule has 0 aliphatic rings. The van der Waals surface area contributed by atoms with Crippen LogP contribution in [0, 0.1) is 6.92 Å². The summed E-state index contributed by atoms with van der Waals surface area (Å²) >= 11 is 3.40. The van der Waals surface area contributed by atoms with Gasteiger partial charge in [0.05, 0.1) is 31.7 Å². The average molecular weight is 459 g/mol. The maximum atomic E-state index is 12.9. The molecule has 150 valence electrons. The molecule has 3 rings (SSSR count). The molecular formula is C21H19BrN2O5. The van der Waals surface area contributed by atoms with E-state index in [4.69, 9.17) is 13.9 Å². The Morgan fingerprint density at radius 2 is 1.79 bits per heavy atom. The van der Waals surface area contributed by atoms with Crippen LogP contribution in [-0.4, -0.2) is 26.0 Å². The van der Waals surface area contributed by atoms with Gasteiger partial charge >= 0.3 is 0 Å². The lowest BCUT2D eigenvalue weighted by Crippen LogP contribution is -2.15. The predicted molar refractivity (Wildman–Crippen MR) is 113 cm³/mol. The van der Waals surface area contributed by atoms with Crippen molar-refractivity contribution in [3.05, 3.63) is 70.1 Å². The van der Waals surface area contributed by atoms with Crippen molar-refractivity contribution in [1.29, 1.82) is 0 Å². The second-order valence-corrected chi connectivity index (χ2v) is 7.02. The Morgan fingerprint density at radius 3 is 2.45 bits per heavy atom. The number of ether oxygens (including phenoxy) is 2. The van der Waals surface area contributed by atoms with Gasteiger partial charge in [-0.25, -0.2) is 0 Å². The van der Waals surface area contributed by atoms with E-state index in [-0.39, 0.29) is 11.7 Å². The van der Waals surface area contributed by atoms with E-state index in [1.165, 1.54) is 20.5 Å². The summed E-state index contributed by atoms with van der Waals surface area (Å²) in [6, 6.07) is 11.6. The van der Waals surface area contributed by atoms with E-state index in [0.717, 1.165) is 10.0 Å². The lowest BCUT2D eigenvalue weighted by Gasteiger charge is -2.15. The predicted octanol–water partition coefficient (Wildman–Crippen LogP) is 4.87. The number of methoxy groups -OCH3 is 2. The number of anilines is 2. The summed E-state index contributed by atoms with van der Waals surface area (Å²) in [5, 5.41) is 5.53. The fourth-order valence-corrected chi connectivity index (χ4v) is 3.42. The van der Waals surface area contributed by atoms with E-state index < -0.39 is 5.91 Å². The molecule has 2 N–H and O–H groups in total. The van der Waals surface area contributed by atoms with Crippen LogP contribution >= 0.6 is 15.9 Å². The number of halogens is 1. The number of benzene rings is 2. The molecule has 0 saturated heterocycles. The molecule has 1 heterocycles. The summed E-state index contributed by atoms with van der Waals surface area (Å²) in [6.07, 6.45) is 1.42. The van der Waals surface area contributed by atoms with Gasteiger partial charge < -0.3 is 24.5 Å². The van der Waals surface area contributed by atoms with Gasteiger partial charge in [-0.1, -0.05) is 15.9 Å². The molecule has 29 heavy (non-hydrogen) atoms. The third-order valence-electron chi connectivity index (χ3n) is 4.14. The highest BCUT2D eigenvalue weighted by Crippen LogP contribution is 2.32. The highest BCUT2D eigenvalue weighted by atomic mass is 79.9. The second-order valence-electron chi connectivity index (χ2n) is 6.10. The van der Waals surface area contributed by atoms with Gasteiger partial charge in [0, 0.05) is 10.2 Å². The number of carbonyl (C=O) groups excluding carboxylic acids is 2. The standard InChI is InChI=1S/C21H19BrN2O5/c1-12-9-13(22)10-15(19(12)28-3)20(25)24-16-11-14(6-7-17(16)27-2)23-21(26)18-5-4-8-29-18/h4-11H,1-3H3,(H,23,26)(H,24,25). The molecule has 0 aliphatic heterocycles. The summed E-state index contributed by atoms with van der Waals surface area (Å²) in [4.78, 5) is 25.1. The fraction of sp³-hybridized carbons (Fsp3) is 0.143. The molecule has 0 aliphatic carbocycles. The Morgan fingerprint density at radius 1 is 1.00 bits per heavy atom. The quantitative estimate of drug-likeness (QED) is 0.549. The number of carbonyl (C=O) groups is 2. The van der Waals surface area contributed by atoms with E-state index in [9.17, 15) is 9.59 Å². The van der Waals surface area contributed by atoms with Gasteiger partial charge in [0.1, 0.15) is 11.5 Å². The van der Waals surface area contributed by atoms with Crippen LogP contribution in [0.15, 0.2) is 57.6 Å². The van der Waals surface area contributed by atoms with Crippen molar-refractivity contribution in [3.8, 4) is 11.5 Å². The molecule has 0 atom stereocenters. The molecule has 8 heteroatoms. The number of hydrogen-bond acceptors (Lipinski definition) is 5. The van der Waals surface area contributed by atoms with E-state index in [0.29, 0.717) is 28.4 Å². The normalized spacial score (nSPS) is 10.3. The van der Waals surface area contributed by atoms with Gasteiger partial charge in [0.25, 0.3) is 11.8 Å². The van der Waals surface area contributed by atoms with Crippen LogP contribution < -0.4 is 20.1 Å². The lowest BCUT2D eigenvalue weighted by atomic mass is 10.1. The van der Waals surface area contributed by atoms with Crippen molar-refractivity contribution in [2.75, 3.05) is 24.9 Å². The van der Waals surface area contributed by atoms with Crippen LogP contribution in [0.4, 0.5) is 11.4 Å². The number of nitrogens with one attached hydrogen (secondary N) is 2. The number of furan rings is 1. The van der Waals surface area contributed by atoms with Crippen LogP contribution in [0.1, 0.15) is 26.5 Å². The third-order valence-corrected chi connectivity index (χ3v) is 4.60. The van der Waals surface area contributed by atoms with Crippen molar-refractivity contribution in [3.63, 3.8) is 0 Å². The summed E-state index contributed by atoms with van der Waals surface area (Å²) in [5.74, 6) is 0.327. The molecule has 0 spiro atoms. The maximum absolute atomic E-state index is 12.9. The largest absolute Gasteiger partial charge is 0.496 e. The fourth-order valence-electron chi connectivity index (χ4n) is 2.84. The number of rotatable bonds is 6. The number of hydrogen-bond donors (Lipinski definition) is 2. The van der Waals surface area contributed by atoms with Crippen LogP contribution in [0.25, 0.3) is 0 Å². The molecule has 0 bridgehead atoms. The van der Waals surface area contributed by atoms with Crippen LogP contribution in [0.2, 0.25) is 0 Å². The molecule has 7 nitrogen and oxygen atoms in total. The van der Waals surface area contributed by atoms with E-state index in [1.807, 2.05) is 13.0 Å². The molecule has 0 radical (unpaired) electrons. The first-order valence-corrected chi connectivity index (χ1v) is 9.40. The SMILES string of the molecule is COc1ccc(NC(=O)c2ccco2)cc1NC(=O)c1cc(Br)cc(C)c1OC. The van der Waals surface area contributed by atoms with E-state index >= 15 is 0 Å². The second kappa shape index (κ2) is 8.83. The van der Waals surface area contributed by atoms with Crippen molar-refractivity contribution >= 4 is 39.1 Å². The van der Waals surface area contributed by atoms with Crippen molar-refractivity contribution in [2.45, 2.75) is 6.92 Å². The average Bonchev–Trinajstić information content (AvgIpc) is 3.22. The van der Waals surface area contributed by atoms with Crippen LogP contribution in [-0.2, 0) is 0 Å². The highest BCUT2D eigenvalue weighted by Gasteiger charge is 2.18. The minimum Gasteiger partial charge on any atom is -0.496 e. The van der Waals surface area contributed by atoms with Gasteiger partial charge in [-0.3, -0.25) is 9.59 Å². The highest BCUT2D eigenvalue weighted by molar-refractivity contribution is 9.10. The van der Waals surface area contributed by atoms with Gasteiger partial charge in [0.15, 0.2) is 5.76 Å². The molecule has 0 saturated carbocycles. The molecule has 3 aromatic rings. The summed E-state index contributed by atoms with van der Waals surface area (Å²) < 4.78 is 16.6. The van der Waals surface area contributed by atoms with Crippen molar-refractivity contribution in [1.82, 2.24) is 0 Å². The summed E-state index contributed by atoms with van der Waals surface area (Å²) in [6.45, 7) is 1.85. The minimum atomic E-state index is -0.401. The first-order chi connectivity index (χ1) is 13.9.